The van der Waals surface area contributed by atoms with E-state index in [1.807, 2.05) is 0 Å². The fourth-order valence-corrected chi connectivity index (χ4v) is 3.49. The lowest BCUT2D eigenvalue weighted by molar-refractivity contribution is -0.140. The lowest BCUT2D eigenvalue weighted by Gasteiger charge is -2.22. The van der Waals surface area contributed by atoms with E-state index in [2.05, 4.69) is 0 Å². The molecule has 0 N–H and O–H groups in total. The minimum absolute atomic E-state index is 0.248. The number of esters is 2. The normalized spacial score (nSPS) is 12.2. The van der Waals surface area contributed by atoms with Gasteiger partial charge in [-0.05, 0) is 24.3 Å². The molecule has 0 aliphatic carbocycles. The van der Waals surface area contributed by atoms with E-state index < -0.39 is 31.6 Å². The molecule has 0 radical (unpaired) electrons. The first kappa shape index (κ1) is 19.8. The fourth-order valence-electron chi connectivity index (χ4n) is 2.15. The molecule has 0 aliphatic rings. The molecule has 0 amide bonds. The van der Waals surface area contributed by atoms with Crippen LogP contribution in [-0.4, -0.2) is 31.8 Å². The maximum atomic E-state index is 12.7. The molecule has 0 saturated heterocycles. The second-order valence-electron chi connectivity index (χ2n) is 5.15. The van der Waals surface area contributed by atoms with Gasteiger partial charge in [0, 0.05) is 14.2 Å². The number of carbonyl (C=O) groups is 2. The Bertz CT molecular complexity index is 769. The predicted octanol–water partition coefficient (Wildman–Crippen LogP) is 3.44. The molecule has 138 valence electrons. The Hall–Kier alpha value is -2.47. The van der Waals surface area contributed by atoms with Gasteiger partial charge in [0.2, 0.25) is 0 Å². The Balaban J connectivity index is 2.16. The zero-order chi connectivity index (χ0) is 19.0. The Labute approximate surface area is 151 Å². The summed E-state index contributed by atoms with van der Waals surface area (Å²) in [5.41, 5.74) is -1.46. The summed E-state index contributed by atoms with van der Waals surface area (Å²) in [5.74, 6) is -1.12. The molecule has 26 heavy (non-hydrogen) atoms. The Morgan fingerprint density at radius 2 is 1.31 bits per heavy atom. The highest BCUT2D eigenvalue weighted by atomic mass is 31.2. The van der Waals surface area contributed by atoms with Gasteiger partial charge >= 0.3 is 19.5 Å². The van der Waals surface area contributed by atoms with Crippen molar-refractivity contribution in [3.63, 3.8) is 0 Å². The van der Waals surface area contributed by atoms with E-state index in [1.165, 1.54) is 0 Å². The van der Waals surface area contributed by atoms with Crippen LogP contribution >= 0.6 is 7.60 Å². The van der Waals surface area contributed by atoms with E-state index in [1.54, 1.807) is 60.7 Å². The molecule has 8 heteroatoms. The molecule has 2 aromatic carbocycles. The van der Waals surface area contributed by atoms with Crippen LogP contribution in [0.2, 0.25) is 0 Å². The molecule has 7 nitrogen and oxygen atoms in total. The molecule has 1 unspecified atom stereocenters. The molecule has 2 rings (SSSR count). The first-order valence-corrected chi connectivity index (χ1v) is 9.33. The van der Waals surface area contributed by atoms with Crippen LogP contribution in [0.25, 0.3) is 0 Å². The van der Waals surface area contributed by atoms with Crippen molar-refractivity contribution in [2.24, 2.45) is 0 Å². The van der Waals surface area contributed by atoms with Gasteiger partial charge in [-0.2, -0.15) is 0 Å². The fraction of sp³-hybridized carbons (Fsp3) is 0.222. The quantitative estimate of drug-likeness (QED) is 0.395. The third kappa shape index (κ3) is 5.26. The van der Waals surface area contributed by atoms with Crippen LogP contribution in [0, 0.1) is 0 Å². The van der Waals surface area contributed by atoms with Crippen LogP contribution in [0.15, 0.2) is 60.7 Å². The molecule has 1 atom stereocenters. The molecular formula is C18H19O7P. The largest absolute Gasteiger partial charge is 0.426 e. The lowest BCUT2D eigenvalue weighted by Crippen LogP contribution is -2.31. The van der Waals surface area contributed by atoms with Gasteiger partial charge < -0.3 is 18.5 Å². The molecule has 0 saturated carbocycles. The van der Waals surface area contributed by atoms with Crippen LogP contribution in [0.3, 0.4) is 0 Å². The topological polar surface area (TPSA) is 88.1 Å². The smallest absolute Gasteiger partial charge is 0.344 e. The molecular weight excluding hydrogens is 359 g/mol. The van der Waals surface area contributed by atoms with Crippen LogP contribution in [0.4, 0.5) is 0 Å². The van der Waals surface area contributed by atoms with Crippen molar-refractivity contribution in [3.8, 4) is 11.5 Å². The molecule has 0 aliphatic heterocycles. The summed E-state index contributed by atoms with van der Waals surface area (Å²) in [4.78, 5) is 24.7. The third-order valence-corrected chi connectivity index (χ3v) is 5.63. The first-order chi connectivity index (χ1) is 12.5. The first-order valence-electron chi connectivity index (χ1n) is 7.72. The van der Waals surface area contributed by atoms with Gasteiger partial charge in [0.1, 0.15) is 11.5 Å². The van der Waals surface area contributed by atoms with Crippen molar-refractivity contribution in [1.82, 2.24) is 0 Å². The summed E-state index contributed by atoms with van der Waals surface area (Å²) in [5, 5.41) is 0. The maximum absolute atomic E-state index is 12.7. The van der Waals surface area contributed by atoms with E-state index in [-0.39, 0.29) is 5.75 Å². The van der Waals surface area contributed by atoms with Crippen molar-refractivity contribution in [1.29, 1.82) is 0 Å². The molecule has 0 aromatic heterocycles. The van der Waals surface area contributed by atoms with Crippen LogP contribution < -0.4 is 9.47 Å². The van der Waals surface area contributed by atoms with E-state index in [9.17, 15) is 14.2 Å². The summed E-state index contributed by atoms with van der Waals surface area (Å²) in [6, 6.07) is 16.5. The van der Waals surface area contributed by atoms with E-state index in [0.717, 1.165) is 14.2 Å². The highest BCUT2D eigenvalue weighted by Gasteiger charge is 2.43. The average Bonchev–Trinajstić information content (AvgIpc) is 2.67. The molecule has 2 aromatic rings. The predicted molar refractivity (Wildman–Crippen MR) is 94.2 cm³/mol. The number of hydrogen-bond donors (Lipinski definition) is 0. The lowest BCUT2D eigenvalue weighted by atomic mass is 10.3. The van der Waals surface area contributed by atoms with Crippen molar-refractivity contribution in [2.45, 2.75) is 12.1 Å². The number of rotatable bonds is 8. The number of benzene rings is 2. The van der Waals surface area contributed by atoms with Gasteiger partial charge in [0.25, 0.3) is 0 Å². The van der Waals surface area contributed by atoms with E-state index in [4.69, 9.17) is 18.5 Å². The molecule has 0 spiro atoms. The summed E-state index contributed by atoms with van der Waals surface area (Å²) in [6.45, 7) is 0. The van der Waals surface area contributed by atoms with Gasteiger partial charge in [-0.25, -0.2) is 0 Å². The van der Waals surface area contributed by atoms with Gasteiger partial charge in [-0.15, -0.1) is 0 Å². The number of ether oxygens (including phenoxy) is 2. The Morgan fingerprint density at radius 3 is 1.77 bits per heavy atom. The van der Waals surface area contributed by atoms with Crippen molar-refractivity contribution in [3.05, 3.63) is 60.7 Å². The number of hydrogen-bond acceptors (Lipinski definition) is 7. The second kappa shape index (κ2) is 9.29. The van der Waals surface area contributed by atoms with Crippen molar-refractivity contribution >= 4 is 19.5 Å². The van der Waals surface area contributed by atoms with Crippen LogP contribution in [-0.2, 0) is 23.2 Å². The van der Waals surface area contributed by atoms with Gasteiger partial charge in [0.15, 0.2) is 5.66 Å². The zero-order valence-corrected chi connectivity index (χ0v) is 15.3. The van der Waals surface area contributed by atoms with Gasteiger partial charge in [-0.1, -0.05) is 36.4 Å². The standard InChI is InChI=1S/C18H19O7P/c1-22-26(21,23-2)16(18(20)25-15-11-7-4-8-12-15)13-17(19)24-14-9-5-3-6-10-14/h3-12,16H,13H2,1-2H3. The summed E-state index contributed by atoms with van der Waals surface area (Å²) in [7, 11) is -1.65. The summed E-state index contributed by atoms with van der Waals surface area (Å²) >= 11 is 0. The average molecular weight is 378 g/mol. The highest BCUT2D eigenvalue weighted by Crippen LogP contribution is 2.53. The number of para-hydroxylation sites is 2. The maximum Gasteiger partial charge on any atom is 0.344 e. The Kier molecular flexibility index (Phi) is 7.09. The monoisotopic (exact) mass is 378 g/mol. The van der Waals surface area contributed by atoms with E-state index in [0.29, 0.717) is 5.75 Å². The van der Waals surface area contributed by atoms with Gasteiger partial charge in [0.05, 0.1) is 6.42 Å². The van der Waals surface area contributed by atoms with Crippen molar-refractivity contribution in [2.75, 3.05) is 14.2 Å². The molecule has 0 heterocycles. The van der Waals surface area contributed by atoms with Gasteiger partial charge in [-0.3, -0.25) is 14.2 Å². The third-order valence-electron chi connectivity index (χ3n) is 3.46. The summed E-state index contributed by atoms with van der Waals surface area (Å²) < 4.78 is 32.8. The van der Waals surface area contributed by atoms with Crippen molar-refractivity contribution < 1.29 is 32.7 Å². The SMILES string of the molecule is COP(=O)(OC)C(CC(=O)Oc1ccccc1)C(=O)Oc1ccccc1. The Morgan fingerprint density at radius 1 is 0.846 bits per heavy atom. The molecule has 0 fully saturated rings. The zero-order valence-electron chi connectivity index (χ0n) is 14.4. The van der Waals surface area contributed by atoms with Crippen LogP contribution in [0.1, 0.15) is 6.42 Å². The minimum atomic E-state index is -3.92. The highest BCUT2D eigenvalue weighted by molar-refractivity contribution is 7.55. The minimum Gasteiger partial charge on any atom is -0.426 e. The number of carbonyl (C=O) groups excluding carboxylic acids is 2. The van der Waals surface area contributed by atoms with E-state index >= 15 is 0 Å². The second-order valence-corrected chi connectivity index (χ2v) is 7.58. The summed E-state index contributed by atoms with van der Waals surface area (Å²) in [6.07, 6.45) is -0.528. The van der Waals surface area contributed by atoms with Crippen LogP contribution in [0.5, 0.6) is 11.5 Å². The molecule has 0 bridgehead atoms.